The number of carbonyl (C=O) groups is 1. The van der Waals surface area contributed by atoms with Gasteiger partial charge in [0.05, 0.1) is 27.9 Å². The quantitative estimate of drug-likeness (QED) is 0.487. The van der Waals surface area contributed by atoms with Crippen LogP contribution in [0.1, 0.15) is 16.2 Å². The zero-order valence-corrected chi connectivity index (χ0v) is 12.2. The first-order valence-electron chi connectivity index (χ1n) is 5.54. The van der Waals surface area contributed by atoms with E-state index in [0.717, 1.165) is 0 Å². The maximum atomic E-state index is 11.6. The van der Waals surface area contributed by atoms with Crippen LogP contribution >= 0.6 is 15.9 Å². The molecular weight excluding hydrogens is 330 g/mol. The Kier molecular flexibility index (Phi) is 3.84. The third kappa shape index (κ3) is 2.42. The second kappa shape index (κ2) is 5.41. The smallest absolute Gasteiger partial charge is 0.359 e. The highest BCUT2D eigenvalue weighted by atomic mass is 79.9. The van der Waals surface area contributed by atoms with Crippen LogP contribution in [0.15, 0.2) is 28.7 Å². The number of non-ortho nitro benzene ring substituents is 1. The number of aromatic nitrogens is 2. The Morgan fingerprint density at radius 1 is 1.50 bits per heavy atom. The van der Waals surface area contributed by atoms with Crippen LogP contribution in [-0.4, -0.2) is 27.8 Å². The van der Waals surface area contributed by atoms with Gasteiger partial charge in [0.25, 0.3) is 5.69 Å². The highest BCUT2D eigenvalue weighted by molar-refractivity contribution is 9.10. The molecule has 0 fully saturated rings. The number of hydrogen-bond acceptors (Lipinski definition) is 5. The van der Waals surface area contributed by atoms with Crippen molar-refractivity contribution in [1.29, 1.82) is 0 Å². The minimum absolute atomic E-state index is 0.0480. The molecule has 104 valence electrons. The van der Waals surface area contributed by atoms with Gasteiger partial charge >= 0.3 is 5.97 Å². The van der Waals surface area contributed by atoms with Crippen molar-refractivity contribution >= 4 is 27.6 Å². The van der Waals surface area contributed by atoms with Gasteiger partial charge in [0.15, 0.2) is 5.69 Å². The lowest BCUT2D eigenvalue weighted by molar-refractivity contribution is -0.384. The van der Waals surface area contributed by atoms with Crippen LogP contribution in [0.4, 0.5) is 5.69 Å². The Bertz CT molecular complexity index is 696. The Morgan fingerprint density at radius 3 is 2.80 bits per heavy atom. The van der Waals surface area contributed by atoms with E-state index in [4.69, 9.17) is 0 Å². The van der Waals surface area contributed by atoms with E-state index < -0.39 is 10.9 Å². The van der Waals surface area contributed by atoms with Crippen molar-refractivity contribution in [3.05, 3.63) is 50.2 Å². The lowest BCUT2D eigenvalue weighted by Gasteiger charge is -2.03. The number of esters is 1. The molecular formula is C12H10BrN3O4. The Hall–Kier alpha value is -2.22. The fraction of sp³-hybridized carbons (Fsp3) is 0.167. The summed E-state index contributed by atoms with van der Waals surface area (Å²) in [6.07, 6.45) is 0. The van der Waals surface area contributed by atoms with Crippen molar-refractivity contribution in [2.24, 2.45) is 0 Å². The van der Waals surface area contributed by atoms with Crippen molar-refractivity contribution < 1.29 is 14.5 Å². The molecule has 1 heterocycles. The van der Waals surface area contributed by atoms with Gasteiger partial charge in [0.2, 0.25) is 0 Å². The second-order valence-corrected chi connectivity index (χ2v) is 4.72. The molecule has 0 saturated heterocycles. The maximum absolute atomic E-state index is 11.6. The van der Waals surface area contributed by atoms with Crippen molar-refractivity contribution in [3.8, 4) is 5.69 Å². The molecule has 2 rings (SSSR count). The van der Waals surface area contributed by atoms with Gasteiger partial charge in [-0.3, -0.25) is 10.1 Å². The van der Waals surface area contributed by atoms with Crippen molar-refractivity contribution in [2.75, 3.05) is 7.11 Å². The highest BCUT2D eigenvalue weighted by Gasteiger charge is 2.20. The molecule has 0 aliphatic heterocycles. The number of rotatable bonds is 3. The van der Waals surface area contributed by atoms with Crippen LogP contribution in [-0.2, 0) is 4.74 Å². The molecule has 8 heteroatoms. The van der Waals surface area contributed by atoms with Crippen LogP contribution in [0.25, 0.3) is 5.69 Å². The monoisotopic (exact) mass is 339 g/mol. The predicted octanol–water partition coefficient (Wildman–Crippen LogP) is 2.64. The average molecular weight is 340 g/mol. The molecule has 7 nitrogen and oxygen atoms in total. The summed E-state index contributed by atoms with van der Waals surface area (Å²) in [6.45, 7) is 1.74. The molecule has 0 atom stereocenters. The van der Waals surface area contributed by atoms with E-state index in [1.165, 1.54) is 23.9 Å². The van der Waals surface area contributed by atoms with Crippen molar-refractivity contribution in [1.82, 2.24) is 9.78 Å². The average Bonchev–Trinajstić information content (AvgIpc) is 2.75. The first-order valence-corrected chi connectivity index (χ1v) is 6.33. The van der Waals surface area contributed by atoms with Gasteiger partial charge in [-0.15, -0.1) is 0 Å². The van der Waals surface area contributed by atoms with Gasteiger partial charge in [-0.05, 0) is 28.9 Å². The number of hydrogen-bond donors (Lipinski definition) is 0. The summed E-state index contributed by atoms with van der Waals surface area (Å²) in [4.78, 5) is 21.9. The molecule has 20 heavy (non-hydrogen) atoms. The number of nitro groups is 1. The Labute approximate surface area is 122 Å². The number of nitrogens with zero attached hydrogens (tertiary/aromatic N) is 3. The lowest BCUT2D eigenvalue weighted by Crippen LogP contribution is -2.05. The van der Waals surface area contributed by atoms with Crippen molar-refractivity contribution in [3.63, 3.8) is 0 Å². The molecule has 0 bridgehead atoms. The van der Waals surface area contributed by atoms with Gasteiger partial charge in [-0.2, -0.15) is 5.10 Å². The Morgan fingerprint density at radius 2 is 2.20 bits per heavy atom. The van der Waals surface area contributed by atoms with Crippen LogP contribution in [0.5, 0.6) is 0 Å². The first kappa shape index (κ1) is 14.2. The van der Waals surface area contributed by atoms with Gasteiger partial charge in [-0.25, -0.2) is 9.48 Å². The molecule has 2 aromatic rings. The summed E-state index contributed by atoms with van der Waals surface area (Å²) in [7, 11) is 1.26. The number of nitro benzene ring substituents is 1. The molecule has 0 saturated carbocycles. The van der Waals surface area contributed by atoms with E-state index in [0.29, 0.717) is 15.9 Å². The topological polar surface area (TPSA) is 87.3 Å². The maximum Gasteiger partial charge on any atom is 0.359 e. The summed E-state index contributed by atoms with van der Waals surface area (Å²) in [5.74, 6) is -0.579. The second-order valence-electron chi connectivity index (χ2n) is 3.93. The summed E-state index contributed by atoms with van der Waals surface area (Å²) in [6, 6.07) is 5.99. The van der Waals surface area contributed by atoms with Crippen LogP contribution in [0, 0.1) is 17.0 Å². The highest BCUT2D eigenvalue weighted by Crippen LogP contribution is 2.25. The lowest BCUT2D eigenvalue weighted by atomic mass is 10.3. The molecule has 0 unspecified atom stereocenters. The fourth-order valence-electron chi connectivity index (χ4n) is 1.70. The summed E-state index contributed by atoms with van der Waals surface area (Å²) < 4.78 is 6.57. The standard InChI is InChI=1S/C12H10BrN3O4/c1-7-10(13)11(12(17)20-2)14-15(7)8-4-3-5-9(6-8)16(18)19/h3-6H,1-2H3. The third-order valence-electron chi connectivity index (χ3n) is 2.71. The normalized spacial score (nSPS) is 10.3. The summed E-state index contributed by atoms with van der Waals surface area (Å²) >= 11 is 3.27. The molecule has 0 radical (unpaired) electrons. The van der Waals surface area contributed by atoms with Gasteiger partial charge in [0, 0.05) is 12.1 Å². The number of methoxy groups -OCH3 is 1. The zero-order chi connectivity index (χ0) is 14.9. The van der Waals surface area contributed by atoms with Crippen molar-refractivity contribution in [2.45, 2.75) is 6.92 Å². The summed E-state index contributed by atoms with van der Waals surface area (Å²) in [5, 5.41) is 14.9. The molecule has 0 spiro atoms. The van der Waals surface area contributed by atoms with Gasteiger partial charge in [0.1, 0.15) is 0 Å². The molecule has 0 aliphatic carbocycles. The molecule has 1 aromatic heterocycles. The predicted molar refractivity (Wildman–Crippen MR) is 74.0 cm³/mol. The first-order chi connectivity index (χ1) is 9.45. The minimum Gasteiger partial charge on any atom is -0.464 e. The number of halogens is 1. The van der Waals surface area contributed by atoms with E-state index in [9.17, 15) is 14.9 Å². The minimum atomic E-state index is -0.579. The molecule has 1 aromatic carbocycles. The largest absolute Gasteiger partial charge is 0.464 e. The van der Waals surface area contributed by atoms with Gasteiger partial charge in [-0.1, -0.05) is 6.07 Å². The molecule has 0 amide bonds. The fourth-order valence-corrected chi connectivity index (χ4v) is 2.11. The third-order valence-corrected chi connectivity index (χ3v) is 3.66. The van der Waals surface area contributed by atoms with E-state index >= 15 is 0 Å². The van der Waals surface area contributed by atoms with Crippen LogP contribution in [0.2, 0.25) is 0 Å². The SMILES string of the molecule is COC(=O)c1nn(-c2cccc([N+](=O)[O-])c2)c(C)c1Br. The van der Waals surface area contributed by atoms with E-state index in [1.807, 2.05) is 0 Å². The van der Waals surface area contributed by atoms with E-state index in [2.05, 4.69) is 25.8 Å². The van der Waals surface area contributed by atoms with Gasteiger partial charge < -0.3 is 4.74 Å². The van der Waals surface area contributed by atoms with E-state index in [1.54, 1.807) is 19.1 Å². The van der Waals surface area contributed by atoms with E-state index in [-0.39, 0.29) is 11.4 Å². The number of ether oxygens (including phenoxy) is 1. The van der Waals surface area contributed by atoms with Crippen LogP contribution < -0.4 is 0 Å². The summed E-state index contributed by atoms with van der Waals surface area (Å²) in [5.41, 5.74) is 1.21. The Balaban J connectivity index is 2.56. The zero-order valence-electron chi connectivity index (χ0n) is 10.7. The number of benzene rings is 1. The molecule has 0 N–H and O–H groups in total. The number of carbonyl (C=O) groups excluding carboxylic acids is 1. The van der Waals surface area contributed by atoms with Crippen LogP contribution in [0.3, 0.4) is 0 Å². The molecule has 0 aliphatic rings.